The van der Waals surface area contributed by atoms with Crippen LogP contribution in [0.5, 0.6) is 0 Å². The van der Waals surface area contributed by atoms with E-state index in [2.05, 4.69) is 107 Å². The zero-order valence-electron chi connectivity index (χ0n) is 25.2. The number of aryl methyl sites for hydroxylation is 6. The molecule has 0 saturated carbocycles. The van der Waals surface area contributed by atoms with Crippen LogP contribution >= 0.6 is 0 Å². The molecule has 34 heavy (non-hydrogen) atoms. The Morgan fingerprint density at radius 2 is 1.00 bits per heavy atom. The van der Waals surface area contributed by atoms with Crippen LogP contribution in [0.15, 0.2) is 47.0 Å². The van der Waals surface area contributed by atoms with Gasteiger partial charge in [-0.3, -0.25) is 0 Å². The number of hydrogen-bond acceptors (Lipinski definition) is 0. The third-order valence-electron chi connectivity index (χ3n) is 6.04. The molecule has 0 aliphatic carbocycles. The van der Waals surface area contributed by atoms with Gasteiger partial charge in [-0.15, -0.1) is 0 Å². The van der Waals surface area contributed by atoms with Crippen LogP contribution in [0, 0.1) is 47.5 Å². The molecule has 0 radical (unpaired) electrons. The second-order valence-corrected chi connectivity index (χ2v) is 10.1. The Balaban J connectivity index is 0.00000258. The van der Waals surface area contributed by atoms with Gasteiger partial charge >= 0.3 is 0 Å². The van der Waals surface area contributed by atoms with Crippen LogP contribution in [-0.2, 0) is 0 Å². The Morgan fingerprint density at radius 3 is 1.26 bits per heavy atom. The van der Waals surface area contributed by atoms with Crippen molar-refractivity contribution in [3.8, 4) is 0 Å². The van der Waals surface area contributed by atoms with Crippen molar-refractivity contribution in [2.45, 2.75) is 110 Å². The molecule has 0 aliphatic rings. The Hall–Kier alpha value is -2.02. The van der Waals surface area contributed by atoms with E-state index in [9.17, 15) is 0 Å². The SMILES string of the molecule is CC.CC.CC(C)=C/C(C)=C(\CC(C)C)B(c1c(C)cc(C)cc1C)c1c(C)cc(C)cc1C. The smallest absolute Gasteiger partial charge is 0.0875 e. The lowest BCUT2D eigenvalue weighted by molar-refractivity contribution is 0.653. The largest absolute Gasteiger partial charge is 0.238 e. The molecule has 2 rings (SSSR count). The molecule has 188 valence electrons. The fourth-order valence-corrected chi connectivity index (χ4v) is 5.26. The fraction of sp³-hybridized carbons (Fsp3) is 0.515. The summed E-state index contributed by atoms with van der Waals surface area (Å²) in [6.07, 6.45) is 3.49. The van der Waals surface area contributed by atoms with Gasteiger partial charge in [0.25, 0.3) is 0 Å². The molecule has 0 fully saturated rings. The maximum absolute atomic E-state index is 2.38. The summed E-state index contributed by atoms with van der Waals surface area (Å²) in [7, 11) is 0. The van der Waals surface area contributed by atoms with Gasteiger partial charge in [0, 0.05) is 0 Å². The van der Waals surface area contributed by atoms with Crippen molar-refractivity contribution in [2.75, 3.05) is 0 Å². The lowest BCUT2D eigenvalue weighted by atomic mass is 9.32. The molecule has 0 saturated heterocycles. The van der Waals surface area contributed by atoms with Gasteiger partial charge in [-0.1, -0.05) is 133 Å². The van der Waals surface area contributed by atoms with E-state index in [1.807, 2.05) is 27.7 Å². The summed E-state index contributed by atoms with van der Waals surface area (Å²) in [5.41, 5.74) is 15.7. The zero-order valence-corrected chi connectivity index (χ0v) is 25.2. The van der Waals surface area contributed by atoms with Crippen molar-refractivity contribution >= 4 is 17.6 Å². The third-order valence-corrected chi connectivity index (χ3v) is 6.04. The van der Waals surface area contributed by atoms with E-state index in [1.165, 1.54) is 55.5 Å². The molecule has 1 heteroatoms. The molecule has 0 heterocycles. The van der Waals surface area contributed by atoms with Crippen LogP contribution in [0.25, 0.3) is 0 Å². The average molecular weight is 461 g/mol. The topological polar surface area (TPSA) is 0 Å². The first-order valence-electron chi connectivity index (χ1n) is 13.4. The summed E-state index contributed by atoms with van der Waals surface area (Å²) in [4.78, 5) is 0. The molecule has 0 aromatic heterocycles. The summed E-state index contributed by atoms with van der Waals surface area (Å²) in [6, 6.07) is 9.43. The molecule has 0 amide bonds. The summed E-state index contributed by atoms with van der Waals surface area (Å²) >= 11 is 0. The van der Waals surface area contributed by atoms with Gasteiger partial charge in [0.1, 0.15) is 0 Å². The normalized spacial score (nSPS) is 11.1. The van der Waals surface area contributed by atoms with E-state index in [0.29, 0.717) is 12.6 Å². The fourth-order valence-electron chi connectivity index (χ4n) is 5.26. The Morgan fingerprint density at radius 1 is 0.676 bits per heavy atom. The highest BCUT2D eigenvalue weighted by Crippen LogP contribution is 2.24. The van der Waals surface area contributed by atoms with E-state index in [-0.39, 0.29) is 0 Å². The second kappa shape index (κ2) is 15.1. The summed E-state index contributed by atoms with van der Waals surface area (Å²) in [5.74, 6) is 0.611. The first kappa shape index (κ1) is 32.0. The predicted octanol–water partition coefficient (Wildman–Crippen LogP) is 9.07. The molecule has 0 unspecified atom stereocenters. The monoisotopic (exact) mass is 460 g/mol. The molecule has 0 aliphatic heterocycles. The maximum Gasteiger partial charge on any atom is 0.238 e. The van der Waals surface area contributed by atoms with Crippen LogP contribution in [0.2, 0.25) is 0 Å². The molecular formula is C33H53B. The lowest BCUT2D eigenvalue weighted by Gasteiger charge is -2.28. The van der Waals surface area contributed by atoms with Crippen LogP contribution < -0.4 is 10.9 Å². The molecule has 0 atom stereocenters. The van der Waals surface area contributed by atoms with Gasteiger partial charge in [0.15, 0.2) is 0 Å². The summed E-state index contributed by atoms with van der Waals surface area (Å²) in [5, 5.41) is 0. The van der Waals surface area contributed by atoms with E-state index in [1.54, 1.807) is 5.47 Å². The van der Waals surface area contributed by atoms with Crippen molar-refractivity contribution < 1.29 is 0 Å². The van der Waals surface area contributed by atoms with Crippen LogP contribution in [-0.4, -0.2) is 6.71 Å². The van der Waals surface area contributed by atoms with Crippen LogP contribution in [0.4, 0.5) is 0 Å². The van der Waals surface area contributed by atoms with Crippen molar-refractivity contribution in [3.05, 3.63) is 80.3 Å². The summed E-state index contributed by atoms with van der Waals surface area (Å²) in [6.45, 7) is 33.3. The number of allylic oxidation sites excluding steroid dienone is 4. The molecule has 2 aromatic rings. The van der Waals surface area contributed by atoms with Crippen LogP contribution in [0.3, 0.4) is 0 Å². The lowest BCUT2D eigenvalue weighted by Crippen LogP contribution is -2.50. The van der Waals surface area contributed by atoms with Gasteiger partial charge in [0.2, 0.25) is 6.71 Å². The molecule has 0 spiro atoms. The van der Waals surface area contributed by atoms with Crippen LogP contribution in [0.1, 0.15) is 102 Å². The quantitative estimate of drug-likeness (QED) is 0.298. The highest BCUT2D eigenvalue weighted by molar-refractivity contribution is 6.92. The minimum atomic E-state index is 0.296. The van der Waals surface area contributed by atoms with E-state index in [0.717, 1.165) is 6.42 Å². The second-order valence-electron chi connectivity index (χ2n) is 10.1. The van der Waals surface area contributed by atoms with Crippen molar-refractivity contribution in [3.63, 3.8) is 0 Å². The third kappa shape index (κ3) is 8.64. The van der Waals surface area contributed by atoms with Gasteiger partial charge < -0.3 is 0 Å². The highest BCUT2D eigenvalue weighted by atomic mass is 14.1. The molecule has 0 N–H and O–H groups in total. The minimum absolute atomic E-state index is 0.296. The minimum Gasteiger partial charge on any atom is -0.0875 e. The Bertz CT molecular complexity index is 878. The van der Waals surface area contributed by atoms with Gasteiger partial charge in [-0.2, -0.15) is 0 Å². The summed E-state index contributed by atoms with van der Waals surface area (Å²) < 4.78 is 0. The van der Waals surface area contributed by atoms with Crippen molar-refractivity contribution in [1.29, 1.82) is 0 Å². The molecule has 0 nitrogen and oxygen atoms in total. The van der Waals surface area contributed by atoms with E-state index < -0.39 is 0 Å². The maximum atomic E-state index is 2.38. The first-order chi connectivity index (χ1) is 15.9. The van der Waals surface area contributed by atoms with E-state index in [4.69, 9.17) is 0 Å². The predicted molar refractivity (Wildman–Crippen MR) is 161 cm³/mol. The van der Waals surface area contributed by atoms with Crippen molar-refractivity contribution in [1.82, 2.24) is 0 Å². The van der Waals surface area contributed by atoms with Gasteiger partial charge in [-0.25, -0.2) is 0 Å². The number of benzene rings is 2. The Labute approximate surface area is 214 Å². The first-order valence-corrected chi connectivity index (χ1v) is 13.4. The molecule has 2 aromatic carbocycles. The number of rotatable bonds is 6. The van der Waals surface area contributed by atoms with Gasteiger partial charge in [0.05, 0.1) is 0 Å². The highest BCUT2D eigenvalue weighted by Gasteiger charge is 2.31. The standard InChI is InChI=1S/C29H41B.2C2H6/c1-18(2)12-22(7)27(13-19(3)4)30(28-23(8)14-20(5)15-24(28)9)29-25(10)16-21(6)17-26(29)11;2*1-2/h12,14-17,19H,13H2,1-11H3;2*1-2H3/b27-22+;;. The van der Waals surface area contributed by atoms with Gasteiger partial charge in [-0.05, 0) is 74.7 Å². The van der Waals surface area contributed by atoms with E-state index >= 15 is 0 Å². The Kier molecular flexibility index (Phi) is 14.2. The number of hydrogen-bond donors (Lipinski definition) is 0. The molecule has 0 bridgehead atoms. The zero-order chi connectivity index (χ0) is 26.7. The van der Waals surface area contributed by atoms with Crippen molar-refractivity contribution in [2.24, 2.45) is 5.92 Å². The molecular weight excluding hydrogens is 407 g/mol. The average Bonchev–Trinajstić information content (AvgIpc) is 2.72.